The molecular weight excluding hydrogens is 273 g/mol. The lowest BCUT2D eigenvalue weighted by atomic mass is 9.87. The Labute approximate surface area is 123 Å². The van der Waals surface area contributed by atoms with E-state index in [1.807, 2.05) is 6.07 Å². The van der Waals surface area contributed by atoms with Crippen molar-refractivity contribution in [3.63, 3.8) is 0 Å². The molecule has 2 aromatic carbocycles. The van der Waals surface area contributed by atoms with Crippen LogP contribution in [0.4, 0.5) is 4.39 Å². The summed E-state index contributed by atoms with van der Waals surface area (Å²) in [5.74, 6) is -0.352. The molecule has 1 N–H and O–H groups in total. The topological polar surface area (TPSA) is 12.0 Å². The molecule has 0 aliphatic heterocycles. The Bertz CT molecular complexity index is 612. The first kappa shape index (κ1) is 13.6. The van der Waals surface area contributed by atoms with Gasteiger partial charge in [-0.1, -0.05) is 48.0 Å². The van der Waals surface area contributed by atoms with Crippen molar-refractivity contribution in [3.8, 4) is 0 Å². The molecule has 0 radical (unpaired) electrons. The van der Waals surface area contributed by atoms with E-state index in [2.05, 4.69) is 29.6 Å². The highest BCUT2D eigenvalue weighted by molar-refractivity contribution is 6.31. The number of rotatable bonds is 3. The Morgan fingerprint density at radius 1 is 1.15 bits per heavy atom. The van der Waals surface area contributed by atoms with Crippen LogP contribution >= 0.6 is 11.6 Å². The molecule has 0 saturated carbocycles. The average Bonchev–Trinajstić information content (AvgIpc) is 2.49. The number of hydrogen-bond acceptors (Lipinski definition) is 1. The van der Waals surface area contributed by atoms with Crippen molar-refractivity contribution in [2.75, 3.05) is 0 Å². The summed E-state index contributed by atoms with van der Waals surface area (Å²) < 4.78 is 13.4. The molecule has 0 bridgehead atoms. The monoisotopic (exact) mass is 289 g/mol. The maximum absolute atomic E-state index is 13.4. The Hall–Kier alpha value is -1.38. The van der Waals surface area contributed by atoms with Gasteiger partial charge in [0.2, 0.25) is 0 Å². The molecule has 104 valence electrons. The predicted octanol–water partition coefficient (Wildman–Crippen LogP) is 4.65. The number of hydrogen-bond donors (Lipinski definition) is 1. The number of aryl methyl sites for hydroxylation is 1. The van der Waals surface area contributed by atoms with Crippen LogP contribution in [-0.2, 0) is 13.0 Å². The van der Waals surface area contributed by atoms with Gasteiger partial charge < -0.3 is 5.32 Å². The fourth-order valence-corrected chi connectivity index (χ4v) is 3.08. The van der Waals surface area contributed by atoms with Crippen molar-refractivity contribution in [1.29, 1.82) is 0 Å². The van der Waals surface area contributed by atoms with Crippen molar-refractivity contribution in [2.24, 2.45) is 0 Å². The summed E-state index contributed by atoms with van der Waals surface area (Å²) in [5.41, 5.74) is 3.60. The van der Waals surface area contributed by atoms with Crippen molar-refractivity contribution in [3.05, 3.63) is 70.0 Å². The highest BCUT2D eigenvalue weighted by Crippen LogP contribution is 2.30. The summed E-state index contributed by atoms with van der Waals surface area (Å²) in [6.07, 6.45) is 3.45. The minimum atomic E-state index is -0.352. The van der Waals surface area contributed by atoms with Gasteiger partial charge in [0, 0.05) is 12.6 Å². The quantitative estimate of drug-likeness (QED) is 0.867. The van der Waals surface area contributed by atoms with Crippen LogP contribution in [-0.4, -0.2) is 0 Å². The molecule has 1 nitrogen and oxygen atoms in total. The summed E-state index contributed by atoms with van der Waals surface area (Å²) in [5, 5.41) is 3.74. The van der Waals surface area contributed by atoms with Gasteiger partial charge >= 0.3 is 0 Å². The molecule has 1 aliphatic rings. The fraction of sp³-hybridized carbons (Fsp3) is 0.294. The van der Waals surface area contributed by atoms with E-state index in [1.165, 1.54) is 23.6 Å². The van der Waals surface area contributed by atoms with E-state index in [0.717, 1.165) is 18.4 Å². The van der Waals surface area contributed by atoms with Crippen LogP contribution in [0.15, 0.2) is 42.5 Å². The van der Waals surface area contributed by atoms with E-state index in [4.69, 9.17) is 11.6 Å². The van der Waals surface area contributed by atoms with Gasteiger partial charge in [0.25, 0.3) is 0 Å². The van der Waals surface area contributed by atoms with Gasteiger partial charge in [0.1, 0.15) is 5.82 Å². The van der Waals surface area contributed by atoms with Crippen LogP contribution in [0, 0.1) is 5.82 Å². The van der Waals surface area contributed by atoms with Gasteiger partial charge in [-0.3, -0.25) is 0 Å². The summed E-state index contributed by atoms with van der Waals surface area (Å²) in [6, 6.07) is 13.8. The SMILES string of the molecule is Fc1cccc(CNC2CCCc3ccccc32)c1Cl. The van der Waals surface area contributed by atoms with Gasteiger partial charge in [-0.15, -0.1) is 0 Å². The van der Waals surface area contributed by atoms with Crippen LogP contribution in [0.2, 0.25) is 5.02 Å². The zero-order valence-electron chi connectivity index (χ0n) is 11.2. The van der Waals surface area contributed by atoms with Crippen LogP contribution in [0.3, 0.4) is 0 Å². The van der Waals surface area contributed by atoms with Gasteiger partial charge in [0.15, 0.2) is 0 Å². The molecule has 20 heavy (non-hydrogen) atoms. The second kappa shape index (κ2) is 5.94. The Kier molecular flexibility index (Phi) is 4.04. The van der Waals surface area contributed by atoms with Gasteiger partial charge in [-0.25, -0.2) is 4.39 Å². The maximum Gasteiger partial charge on any atom is 0.142 e. The minimum absolute atomic E-state index is 0.226. The van der Waals surface area contributed by atoms with Crippen LogP contribution in [0.25, 0.3) is 0 Å². The molecule has 1 aliphatic carbocycles. The molecule has 1 atom stereocenters. The molecule has 0 heterocycles. The highest BCUT2D eigenvalue weighted by atomic mass is 35.5. The molecule has 0 fully saturated rings. The van der Waals surface area contributed by atoms with Crippen molar-refractivity contribution in [1.82, 2.24) is 5.32 Å². The van der Waals surface area contributed by atoms with Crippen LogP contribution in [0.1, 0.15) is 35.6 Å². The zero-order chi connectivity index (χ0) is 13.9. The third kappa shape index (κ3) is 2.72. The molecule has 3 rings (SSSR count). The van der Waals surface area contributed by atoms with E-state index in [0.29, 0.717) is 12.6 Å². The number of halogens is 2. The summed E-state index contributed by atoms with van der Waals surface area (Å²) in [4.78, 5) is 0. The minimum Gasteiger partial charge on any atom is -0.306 e. The second-order valence-electron chi connectivity index (χ2n) is 5.24. The lowest BCUT2D eigenvalue weighted by molar-refractivity contribution is 0.458. The molecule has 0 amide bonds. The summed E-state index contributed by atoms with van der Waals surface area (Å²) in [7, 11) is 0. The maximum atomic E-state index is 13.4. The number of nitrogens with one attached hydrogen (secondary N) is 1. The van der Waals surface area contributed by atoms with E-state index in [1.54, 1.807) is 6.07 Å². The largest absolute Gasteiger partial charge is 0.306 e. The van der Waals surface area contributed by atoms with Gasteiger partial charge in [0.05, 0.1) is 5.02 Å². The lowest BCUT2D eigenvalue weighted by Crippen LogP contribution is -2.25. The Morgan fingerprint density at radius 2 is 2.00 bits per heavy atom. The van der Waals surface area contributed by atoms with Crippen molar-refractivity contribution < 1.29 is 4.39 Å². The normalized spacial score (nSPS) is 17.8. The Balaban J connectivity index is 1.75. The number of fused-ring (bicyclic) bond motifs is 1. The van der Waals surface area contributed by atoms with E-state index in [-0.39, 0.29) is 10.8 Å². The molecule has 0 aromatic heterocycles. The molecule has 1 unspecified atom stereocenters. The van der Waals surface area contributed by atoms with Gasteiger partial charge in [-0.2, -0.15) is 0 Å². The zero-order valence-corrected chi connectivity index (χ0v) is 12.0. The lowest BCUT2D eigenvalue weighted by Gasteiger charge is -2.26. The summed E-state index contributed by atoms with van der Waals surface area (Å²) >= 11 is 6.00. The smallest absolute Gasteiger partial charge is 0.142 e. The molecular formula is C17H17ClFN. The Morgan fingerprint density at radius 3 is 2.90 bits per heavy atom. The third-order valence-electron chi connectivity index (χ3n) is 3.94. The second-order valence-corrected chi connectivity index (χ2v) is 5.62. The first-order valence-corrected chi connectivity index (χ1v) is 7.37. The van der Waals surface area contributed by atoms with Gasteiger partial charge in [-0.05, 0) is 42.0 Å². The van der Waals surface area contributed by atoms with Crippen LogP contribution in [0.5, 0.6) is 0 Å². The van der Waals surface area contributed by atoms with E-state index in [9.17, 15) is 4.39 Å². The standard InChI is InChI=1S/C17H17ClFN/c18-17-13(7-3-9-15(17)19)11-20-16-10-4-6-12-5-1-2-8-14(12)16/h1-3,5,7-9,16,20H,4,6,10-11H2. The van der Waals surface area contributed by atoms with E-state index < -0.39 is 0 Å². The molecule has 2 aromatic rings. The van der Waals surface area contributed by atoms with Crippen LogP contribution < -0.4 is 5.32 Å². The first-order valence-electron chi connectivity index (χ1n) is 7.00. The summed E-state index contributed by atoms with van der Waals surface area (Å²) in [6.45, 7) is 0.593. The first-order chi connectivity index (χ1) is 9.75. The third-order valence-corrected chi connectivity index (χ3v) is 4.36. The number of benzene rings is 2. The molecule has 0 saturated heterocycles. The molecule has 0 spiro atoms. The predicted molar refractivity (Wildman–Crippen MR) is 80.4 cm³/mol. The van der Waals surface area contributed by atoms with E-state index >= 15 is 0 Å². The van der Waals surface area contributed by atoms with Crippen molar-refractivity contribution >= 4 is 11.6 Å². The average molecular weight is 290 g/mol. The van der Waals surface area contributed by atoms with Crippen molar-refractivity contribution in [2.45, 2.75) is 31.8 Å². The highest BCUT2D eigenvalue weighted by Gasteiger charge is 2.19. The fourth-order valence-electron chi connectivity index (χ4n) is 2.88. The molecule has 3 heteroatoms.